The summed E-state index contributed by atoms with van der Waals surface area (Å²) in [5.41, 5.74) is 0.386. The van der Waals surface area contributed by atoms with Gasteiger partial charge in [-0.1, -0.05) is 0 Å². The topological polar surface area (TPSA) is 117 Å². The molecule has 11 heteroatoms. The van der Waals surface area contributed by atoms with Crippen LogP contribution in [-0.2, 0) is 10.0 Å². The molecule has 0 radical (unpaired) electrons. The number of nitrogens with zero attached hydrogens (tertiary/aromatic N) is 4. The van der Waals surface area contributed by atoms with Gasteiger partial charge in [0.25, 0.3) is 10.0 Å². The van der Waals surface area contributed by atoms with Crippen molar-refractivity contribution >= 4 is 15.7 Å². The lowest BCUT2D eigenvalue weighted by atomic mass is 10.3. The Balaban J connectivity index is 1.26. The smallest absolute Gasteiger partial charge is 0.262 e. The van der Waals surface area contributed by atoms with E-state index < -0.39 is 10.0 Å². The summed E-state index contributed by atoms with van der Waals surface area (Å²) in [7, 11) is -3.82. The molecule has 3 heterocycles. The molecule has 34 heavy (non-hydrogen) atoms. The summed E-state index contributed by atoms with van der Waals surface area (Å²) in [4.78, 5) is 4.25. The van der Waals surface area contributed by atoms with Crippen molar-refractivity contribution in [3.05, 3.63) is 72.8 Å². The molecule has 0 bridgehead atoms. The highest BCUT2D eigenvalue weighted by molar-refractivity contribution is 7.92. The van der Waals surface area contributed by atoms with E-state index in [-0.39, 0.29) is 4.90 Å². The van der Waals surface area contributed by atoms with Gasteiger partial charge in [0.1, 0.15) is 11.6 Å². The van der Waals surface area contributed by atoms with Gasteiger partial charge in [0.15, 0.2) is 17.3 Å². The zero-order chi connectivity index (χ0) is 23.5. The molecule has 0 saturated carbocycles. The van der Waals surface area contributed by atoms with E-state index in [2.05, 4.69) is 19.9 Å². The third-order valence-electron chi connectivity index (χ3n) is 5.06. The average Bonchev–Trinajstić information content (AvgIpc) is 3.12. The molecule has 0 fully saturated rings. The Morgan fingerprint density at radius 2 is 1.76 bits per heavy atom. The second-order valence-electron chi connectivity index (χ2n) is 7.47. The first-order chi connectivity index (χ1) is 16.5. The van der Waals surface area contributed by atoms with E-state index in [9.17, 15) is 8.42 Å². The number of hydrogen-bond acceptors (Lipinski definition) is 8. The quantitative estimate of drug-likeness (QED) is 0.445. The number of anilines is 1. The van der Waals surface area contributed by atoms with Crippen LogP contribution in [0.25, 0.3) is 5.82 Å². The van der Waals surface area contributed by atoms with Gasteiger partial charge >= 0.3 is 0 Å². The lowest BCUT2D eigenvalue weighted by molar-refractivity contribution is 0.297. The Bertz CT molecular complexity index is 1400. The zero-order valence-corrected chi connectivity index (χ0v) is 19.0. The van der Waals surface area contributed by atoms with Gasteiger partial charge in [0.05, 0.1) is 18.1 Å². The number of hydrogen-bond donors (Lipinski definition) is 1. The second-order valence-corrected chi connectivity index (χ2v) is 9.15. The van der Waals surface area contributed by atoms with Crippen LogP contribution in [0.2, 0.25) is 0 Å². The van der Waals surface area contributed by atoms with E-state index in [1.165, 1.54) is 12.1 Å². The summed E-state index contributed by atoms with van der Waals surface area (Å²) >= 11 is 0. The molecule has 4 aromatic rings. The number of aromatic nitrogens is 4. The Morgan fingerprint density at radius 1 is 0.971 bits per heavy atom. The number of benzene rings is 2. The third kappa shape index (κ3) is 4.64. The minimum Gasteiger partial charge on any atom is -0.490 e. The van der Waals surface area contributed by atoms with Gasteiger partial charge in [-0.2, -0.15) is 0 Å². The van der Waals surface area contributed by atoms with Crippen LogP contribution in [0, 0.1) is 6.92 Å². The molecule has 0 amide bonds. The lowest BCUT2D eigenvalue weighted by Gasteiger charge is -2.12. The highest BCUT2D eigenvalue weighted by Gasteiger charge is 2.19. The molecule has 1 N–H and O–H groups in total. The monoisotopic (exact) mass is 479 g/mol. The Labute approximate surface area is 196 Å². The van der Waals surface area contributed by atoms with Crippen molar-refractivity contribution in [2.75, 3.05) is 17.9 Å². The van der Waals surface area contributed by atoms with Crippen LogP contribution in [-0.4, -0.2) is 41.4 Å². The first-order valence-corrected chi connectivity index (χ1v) is 12.0. The van der Waals surface area contributed by atoms with E-state index in [1.807, 2.05) is 6.92 Å². The number of fused-ring (bicyclic) bond motifs is 1. The van der Waals surface area contributed by atoms with Gasteiger partial charge in [-0.3, -0.25) is 9.29 Å². The third-order valence-corrected chi connectivity index (χ3v) is 6.44. The summed E-state index contributed by atoms with van der Waals surface area (Å²) in [5.74, 6) is 3.17. The molecule has 0 unspecified atom stereocenters. The van der Waals surface area contributed by atoms with Crippen LogP contribution in [0.3, 0.4) is 0 Å². The fourth-order valence-corrected chi connectivity index (χ4v) is 4.43. The molecule has 0 spiro atoms. The van der Waals surface area contributed by atoms with E-state index in [4.69, 9.17) is 14.2 Å². The summed E-state index contributed by atoms with van der Waals surface area (Å²) in [5, 5.41) is 8.23. The Morgan fingerprint density at radius 3 is 2.47 bits per heavy atom. The number of aryl methyl sites for hydroxylation is 1. The normalized spacial score (nSPS) is 13.2. The fraction of sp³-hybridized carbons (Fsp3) is 0.174. The zero-order valence-electron chi connectivity index (χ0n) is 18.2. The number of nitrogens with one attached hydrogen (secondary N) is 1. The van der Waals surface area contributed by atoms with E-state index in [0.29, 0.717) is 47.8 Å². The summed E-state index contributed by atoms with van der Waals surface area (Å²) in [6.45, 7) is 2.88. The van der Waals surface area contributed by atoms with Gasteiger partial charge in [0.2, 0.25) is 5.88 Å². The van der Waals surface area contributed by atoms with E-state index >= 15 is 0 Å². The standard InChI is InChI=1S/C23H21N5O5S/c1-16-24-11-12-28(16)22-9-10-23(26-25-22)33-18-5-3-17(4-6-18)27-34(29,30)19-7-8-20-21(15-19)32-14-2-13-31-20/h3-12,15,27H,2,13-14H2,1H3. The molecule has 0 saturated heterocycles. The predicted octanol–water partition coefficient (Wildman–Crippen LogP) is 3.73. The minimum absolute atomic E-state index is 0.0839. The lowest BCUT2D eigenvalue weighted by Crippen LogP contribution is -2.13. The van der Waals surface area contributed by atoms with Gasteiger partial charge in [0, 0.05) is 36.6 Å². The summed E-state index contributed by atoms with van der Waals surface area (Å²) in [6.07, 6.45) is 4.22. The molecule has 0 aliphatic carbocycles. The van der Waals surface area contributed by atoms with Gasteiger partial charge < -0.3 is 14.2 Å². The molecule has 2 aromatic carbocycles. The van der Waals surface area contributed by atoms with Gasteiger partial charge in [-0.15, -0.1) is 10.2 Å². The molecule has 0 atom stereocenters. The summed E-state index contributed by atoms with van der Waals surface area (Å²) < 4.78 is 46.9. The van der Waals surface area contributed by atoms with E-state index in [1.54, 1.807) is 59.4 Å². The maximum Gasteiger partial charge on any atom is 0.262 e. The van der Waals surface area contributed by atoms with Crippen molar-refractivity contribution < 1.29 is 22.6 Å². The number of rotatable bonds is 6. The number of ether oxygens (including phenoxy) is 3. The van der Waals surface area contributed by atoms with Gasteiger partial charge in [-0.25, -0.2) is 13.4 Å². The Kier molecular flexibility index (Phi) is 5.76. The predicted molar refractivity (Wildman–Crippen MR) is 123 cm³/mol. The van der Waals surface area contributed by atoms with Gasteiger partial charge in [-0.05, 0) is 49.4 Å². The maximum absolute atomic E-state index is 12.8. The van der Waals surface area contributed by atoms with Crippen LogP contribution in [0.5, 0.6) is 23.1 Å². The van der Waals surface area contributed by atoms with Crippen molar-refractivity contribution in [1.29, 1.82) is 0 Å². The molecule has 174 valence electrons. The fourth-order valence-electron chi connectivity index (χ4n) is 3.35. The van der Waals surface area contributed by atoms with Crippen LogP contribution in [0.15, 0.2) is 71.9 Å². The first-order valence-electron chi connectivity index (χ1n) is 10.5. The molecule has 1 aliphatic rings. The Hall–Kier alpha value is -4.12. The highest BCUT2D eigenvalue weighted by atomic mass is 32.2. The maximum atomic E-state index is 12.8. The molecular weight excluding hydrogens is 458 g/mol. The summed E-state index contributed by atoms with van der Waals surface area (Å²) in [6, 6.07) is 14.5. The van der Waals surface area contributed by atoms with Crippen molar-refractivity contribution in [2.45, 2.75) is 18.2 Å². The molecule has 1 aliphatic heterocycles. The molecule has 10 nitrogen and oxygen atoms in total. The molecule has 5 rings (SSSR count). The van der Waals surface area contributed by atoms with Crippen LogP contribution in [0.4, 0.5) is 5.69 Å². The SMILES string of the molecule is Cc1nccn1-c1ccc(Oc2ccc(NS(=O)(=O)c3ccc4c(c3)OCCCO4)cc2)nn1. The van der Waals surface area contributed by atoms with Crippen molar-refractivity contribution in [1.82, 2.24) is 19.7 Å². The first kappa shape index (κ1) is 21.7. The largest absolute Gasteiger partial charge is 0.490 e. The number of sulfonamides is 1. The van der Waals surface area contributed by atoms with Crippen LogP contribution >= 0.6 is 0 Å². The van der Waals surface area contributed by atoms with Crippen molar-refractivity contribution in [3.8, 4) is 28.9 Å². The molecule has 2 aromatic heterocycles. The van der Waals surface area contributed by atoms with Crippen LogP contribution in [0.1, 0.15) is 12.2 Å². The highest BCUT2D eigenvalue weighted by Crippen LogP contribution is 2.32. The van der Waals surface area contributed by atoms with Crippen LogP contribution < -0.4 is 18.9 Å². The van der Waals surface area contributed by atoms with E-state index in [0.717, 1.165) is 12.2 Å². The molecular formula is C23H21N5O5S. The number of imidazole rings is 1. The van der Waals surface area contributed by atoms with Crippen molar-refractivity contribution in [3.63, 3.8) is 0 Å². The minimum atomic E-state index is -3.82. The second kappa shape index (κ2) is 9.02. The van der Waals surface area contributed by atoms with Crippen molar-refractivity contribution in [2.24, 2.45) is 0 Å². The average molecular weight is 480 g/mol.